The van der Waals surface area contributed by atoms with E-state index in [4.69, 9.17) is 4.84 Å². The van der Waals surface area contributed by atoms with E-state index in [2.05, 4.69) is 44.9 Å². The summed E-state index contributed by atoms with van der Waals surface area (Å²) < 4.78 is 0. The Bertz CT molecular complexity index is 880. The zero-order valence-electron chi connectivity index (χ0n) is 15.2. The summed E-state index contributed by atoms with van der Waals surface area (Å²) in [6.45, 7) is 10.9. The zero-order valence-corrected chi connectivity index (χ0v) is 15.2. The maximum Gasteiger partial charge on any atom is 0.164 e. The molecule has 3 rings (SSSR count). The number of nitrogens with zero attached hydrogens (tertiary/aromatic N) is 3. The first-order valence-corrected chi connectivity index (χ1v) is 8.62. The van der Waals surface area contributed by atoms with Crippen molar-refractivity contribution in [3.8, 4) is 5.75 Å². The predicted octanol–water partition coefficient (Wildman–Crippen LogP) is 4.85. The van der Waals surface area contributed by atoms with E-state index in [-0.39, 0.29) is 0 Å². The predicted molar refractivity (Wildman–Crippen MR) is 97.6 cm³/mol. The smallest absolute Gasteiger partial charge is 0.164 e. The van der Waals surface area contributed by atoms with Crippen molar-refractivity contribution in [3.05, 3.63) is 52.1 Å². The summed E-state index contributed by atoms with van der Waals surface area (Å²) >= 11 is 0. The highest BCUT2D eigenvalue weighted by Gasteiger charge is 2.18. The number of benzene rings is 2. The molecule has 0 aliphatic carbocycles. The van der Waals surface area contributed by atoms with Crippen molar-refractivity contribution in [1.82, 2.24) is 15.2 Å². The van der Waals surface area contributed by atoms with Gasteiger partial charge in [-0.1, -0.05) is 30.3 Å². The van der Waals surface area contributed by atoms with E-state index in [0.717, 1.165) is 36.0 Å². The Balaban J connectivity index is 2.12. The van der Waals surface area contributed by atoms with Crippen molar-refractivity contribution >= 4 is 11.0 Å². The second-order valence-electron chi connectivity index (χ2n) is 6.45. The molecule has 0 saturated carbocycles. The van der Waals surface area contributed by atoms with E-state index in [1.807, 2.05) is 24.3 Å². The second-order valence-corrected chi connectivity index (χ2v) is 6.45. The summed E-state index contributed by atoms with van der Waals surface area (Å²) in [5.74, 6) is 0.930. The topological polar surface area (TPSA) is 39.9 Å². The van der Waals surface area contributed by atoms with Crippen LogP contribution in [-0.4, -0.2) is 15.2 Å². The van der Waals surface area contributed by atoms with E-state index in [1.54, 1.807) is 4.85 Å². The maximum atomic E-state index is 6.25. The van der Waals surface area contributed by atoms with Gasteiger partial charge in [-0.2, -0.15) is 0 Å². The van der Waals surface area contributed by atoms with Crippen LogP contribution in [0.4, 0.5) is 0 Å². The average Bonchev–Trinajstić information content (AvgIpc) is 3.00. The van der Waals surface area contributed by atoms with Crippen LogP contribution in [0.2, 0.25) is 0 Å². The van der Waals surface area contributed by atoms with E-state index in [9.17, 15) is 0 Å². The third-order valence-corrected chi connectivity index (χ3v) is 5.03. The van der Waals surface area contributed by atoms with E-state index in [1.165, 1.54) is 27.8 Å². The van der Waals surface area contributed by atoms with Gasteiger partial charge in [-0.15, -0.1) is 5.10 Å². The molecule has 0 aliphatic heterocycles. The molecule has 24 heavy (non-hydrogen) atoms. The highest BCUT2D eigenvalue weighted by atomic mass is 16.7. The van der Waals surface area contributed by atoms with Gasteiger partial charge in [-0.05, 0) is 80.1 Å². The molecule has 0 spiro atoms. The van der Waals surface area contributed by atoms with Gasteiger partial charge in [0.2, 0.25) is 0 Å². The quantitative estimate of drug-likeness (QED) is 0.674. The molecule has 3 aromatic rings. The highest BCUT2D eigenvalue weighted by Crippen LogP contribution is 2.34. The minimum Gasteiger partial charge on any atom is -0.355 e. The van der Waals surface area contributed by atoms with Crippen molar-refractivity contribution in [3.63, 3.8) is 0 Å². The fraction of sp³-hybridized carbons (Fsp3) is 0.400. The lowest BCUT2D eigenvalue weighted by Crippen LogP contribution is -2.12. The van der Waals surface area contributed by atoms with Crippen LogP contribution in [0, 0.1) is 27.7 Å². The normalized spacial score (nSPS) is 11.2. The molecule has 0 aliphatic rings. The van der Waals surface area contributed by atoms with Crippen LogP contribution in [0.1, 0.15) is 47.6 Å². The van der Waals surface area contributed by atoms with E-state index in [0.29, 0.717) is 0 Å². The highest BCUT2D eigenvalue weighted by molar-refractivity contribution is 5.73. The first-order chi connectivity index (χ1) is 11.5. The number of rotatable bonds is 5. The van der Waals surface area contributed by atoms with Gasteiger partial charge in [-0.3, -0.25) is 0 Å². The molecule has 126 valence electrons. The van der Waals surface area contributed by atoms with E-state index < -0.39 is 0 Å². The molecular formula is C20H25N3O. The third kappa shape index (κ3) is 2.77. The number of para-hydroxylation sites is 1. The average molecular weight is 323 g/mol. The van der Waals surface area contributed by atoms with Crippen LogP contribution in [-0.2, 0) is 6.42 Å². The van der Waals surface area contributed by atoms with Crippen LogP contribution in [0.3, 0.4) is 0 Å². The number of hydrogen-bond donors (Lipinski definition) is 0. The van der Waals surface area contributed by atoms with Crippen LogP contribution in [0.5, 0.6) is 5.75 Å². The molecule has 0 amide bonds. The molecule has 0 unspecified atom stereocenters. The summed E-state index contributed by atoms with van der Waals surface area (Å²) in [5.41, 5.74) is 8.16. The minimum absolute atomic E-state index is 0.839. The van der Waals surface area contributed by atoms with Gasteiger partial charge in [0.25, 0.3) is 0 Å². The van der Waals surface area contributed by atoms with Gasteiger partial charge in [0.15, 0.2) is 5.75 Å². The fourth-order valence-corrected chi connectivity index (χ4v) is 3.14. The molecule has 4 heteroatoms. The molecule has 0 bridgehead atoms. The second kappa shape index (κ2) is 6.63. The van der Waals surface area contributed by atoms with Crippen LogP contribution < -0.4 is 4.84 Å². The molecule has 0 radical (unpaired) electrons. The molecule has 0 N–H and O–H groups in total. The van der Waals surface area contributed by atoms with Gasteiger partial charge < -0.3 is 4.84 Å². The fourth-order valence-electron chi connectivity index (χ4n) is 3.14. The molecule has 2 aromatic carbocycles. The van der Waals surface area contributed by atoms with Crippen LogP contribution in [0.15, 0.2) is 24.3 Å². The number of unbranched alkanes of at least 4 members (excludes halogenated alkanes) is 1. The summed E-state index contributed by atoms with van der Waals surface area (Å²) in [5, 5.41) is 8.37. The lowest BCUT2D eigenvalue weighted by Gasteiger charge is -2.20. The molecule has 1 heterocycles. The standard InChI is InChI=1S/C20H25N3O/c1-6-7-10-17-15(4)13(2)14(3)16(5)20(17)24-23-19-12-9-8-11-18(19)21-22-23/h8-9,11-12H,6-7,10H2,1-5H3. The van der Waals surface area contributed by atoms with Gasteiger partial charge in [0.1, 0.15) is 11.0 Å². The Morgan fingerprint density at radius 1 is 0.958 bits per heavy atom. The van der Waals surface area contributed by atoms with Gasteiger partial charge in [0, 0.05) is 5.56 Å². The van der Waals surface area contributed by atoms with Crippen LogP contribution in [0.25, 0.3) is 11.0 Å². The molecular weight excluding hydrogens is 298 g/mol. The SMILES string of the molecule is CCCCc1c(C)c(C)c(C)c(C)c1On1nnc2ccccc21. The first-order valence-electron chi connectivity index (χ1n) is 8.62. The number of hydrogen-bond acceptors (Lipinski definition) is 3. The maximum absolute atomic E-state index is 6.25. The van der Waals surface area contributed by atoms with Gasteiger partial charge in [-0.25, -0.2) is 0 Å². The molecule has 4 nitrogen and oxygen atoms in total. The number of fused-ring (bicyclic) bond motifs is 1. The van der Waals surface area contributed by atoms with Crippen molar-refractivity contribution in [1.29, 1.82) is 0 Å². The third-order valence-electron chi connectivity index (χ3n) is 5.03. The lowest BCUT2D eigenvalue weighted by molar-refractivity contribution is 0.180. The minimum atomic E-state index is 0.839. The molecule has 0 atom stereocenters. The Labute approximate surface area is 143 Å². The zero-order chi connectivity index (χ0) is 17.3. The summed E-state index contributed by atoms with van der Waals surface area (Å²) in [6.07, 6.45) is 3.33. The summed E-state index contributed by atoms with van der Waals surface area (Å²) in [7, 11) is 0. The van der Waals surface area contributed by atoms with Crippen molar-refractivity contribution in [2.24, 2.45) is 0 Å². The summed E-state index contributed by atoms with van der Waals surface area (Å²) in [6, 6.07) is 7.85. The molecule has 1 aromatic heterocycles. The number of aromatic nitrogens is 3. The van der Waals surface area contributed by atoms with Crippen molar-refractivity contribution in [2.45, 2.75) is 53.9 Å². The Hall–Kier alpha value is -2.36. The molecule has 0 fully saturated rings. The monoisotopic (exact) mass is 323 g/mol. The molecule has 0 saturated heterocycles. The Morgan fingerprint density at radius 3 is 2.42 bits per heavy atom. The Kier molecular flexibility index (Phi) is 4.56. The largest absolute Gasteiger partial charge is 0.355 e. The van der Waals surface area contributed by atoms with Gasteiger partial charge in [0.05, 0.1) is 0 Å². The first kappa shape index (κ1) is 16.5. The summed E-state index contributed by atoms with van der Waals surface area (Å²) in [4.78, 5) is 7.79. The Morgan fingerprint density at radius 2 is 1.67 bits per heavy atom. The van der Waals surface area contributed by atoms with Gasteiger partial charge >= 0.3 is 0 Å². The lowest BCUT2D eigenvalue weighted by atomic mass is 9.91. The van der Waals surface area contributed by atoms with Crippen molar-refractivity contribution < 1.29 is 4.84 Å². The van der Waals surface area contributed by atoms with Crippen molar-refractivity contribution in [2.75, 3.05) is 0 Å². The van der Waals surface area contributed by atoms with E-state index >= 15 is 0 Å². The van der Waals surface area contributed by atoms with Crippen LogP contribution >= 0.6 is 0 Å².